The first kappa shape index (κ1) is 11.9. The third-order valence-electron chi connectivity index (χ3n) is 4.16. The van der Waals surface area contributed by atoms with Crippen LogP contribution < -0.4 is 5.32 Å². The van der Waals surface area contributed by atoms with Gasteiger partial charge in [-0.25, -0.2) is 0 Å². The van der Waals surface area contributed by atoms with Gasteiger partial charge < -0.3 is 10.2 Å². The SMILES string of the molecule is CNC(CN1CC(C)CC1=O)C1CCCC1. The van der Waals surface area contributed by atoms with Crippen molar-refractivity contribution < 1.29 is 4.79 Å². The van der Waals surface area contributed by atoms with Crippen LogP contribution in [0.1, 0.15) is 39.0 Å². The molecule has 3 heteroatoms. The van der Waals surface area contributed by atoms with E-state index >= 15 is 0 Å². The topological polar surface area (TPSA) is 32.3 Å². The zero-order valence-corrected chi connectivity index (χ0v) is 10.5. The Kier molecular flexibility index (Phi) is 3.85. The van der Waals surface area contributed by atoms with E-state index in [1.807, 2.05) is 7.05 Å². The first-order valence-corrected chi connectivity index (χ1v) is 6.65. The van der Waals surface area contributed by atoms with Crippen LogP contribution in [-0.4, -0.2) is 37.0 Å². The third-order valence-corrected chi connectivity index (χ3v) is 4.16. The molecular formula is C13H24N2O. The monoisotopic (exact) mass is 224 g/mol. The van der Waals surface area contributed by atoms with E-state index < -0.39 is 0 Å². The van der Waals surface area contributed by atoms with Crippen LogP contribution in [-0.2, 0) is 4.79 Å². The quantitative estimate of drug-likeness (QED) is 0.787. The number of hydrogen-bond donors (Lipinski definition) is 1. The van der Waals surface area contributed by atoms with Gasteiger partial charge in [-0.3, -0.25) is 4.79 Å². The normalized spacial score (nSPS) is 29.0. The Balaban J connectivity index is 1.88. The number of hydrogen-bond acceptors (Lipinski definition) is 2. The van der Waals surface area contributed by atoms with Gasteiger partial charge in [-0.1, -0.05) is 19.8 Å². The van der Waals surface area contributed by atoms with E-state index in [4.69, 9.17) is 0 Å². The van der Waals surface area contributed by atoms with Crippen LogP contribution >= 0.6 is 0 Å². The molecule has 1 N–H and O–H groups in total. The summed E-state index contributed by atoms with van der Waals surface area (Å²) in [6.07, 6.45) is 6.16. The predicted molar refractivity (Wildman–Crippen MR) is 65.2 cm³/mol. The second-order valence-corrected chi connectivity index (χ2v) is 5.55. The zero-order valence-electron chi connectivity index (χ0n) is 10.5. The molecule has 2 unspecified atom stereocenters. The van der Waals surface area contributed by atoms with E-state index in [1.54, 1.807) is 0 Å². The lowest BCUT2D eigenvalue weighted by Gasteiger charge is -2.28. The lowest BCUT2D eigenvalue weighted by molar-refractivity contribution is -0.128. The van der Waals surface area contributed by atoms with Crippen molar-refractivity contribution in [3.05, 3.63) is 0 Å². The van der Waals surface area contributed by atoms with Crippen LogP contribution in [0.2, 0.25) is 0 Å². The van der Waals surface area contributed by atoms with Crippen LogP contribution in [0, 0.1) is 11.8 Å². The summed E-state index contributed by atoms with van der Waals surface area (Å²) in [6.45, 7) is 4.05. The molecule has 1 saturated heterocycles. The van der Waals surface area contributed by atoms with Crippen LogP contribution in [0.5, 0.6) is 0 Å². The lowest BCUT2D eigenvalue weighted by atomic mass is 9.98. The summed E-state index contributed by atoms with van der Waals surface area (Å²) in [7, 11) is 2.03. The Hall–Kier alpha value is -0.570. The highest BCUT2D eigenvalue weighted by molar-refractivity contribution is 5.78. The van der Waals surface area contributed by atoms with E-state index in [1.165, 1.54) is 25.7 Å². The van der Waals surface area contributed by atoms with Crippen molar-refractivity contribution in [2.24, 2.45) is 11.8 Å². The summed E-state index contributed by atoms with van der Waals surface area (Å²) in [5.74, 6) is 1.69. The minimum absolute atomic E-state index is 0.353. The van der Waals surface area contributed by atoms with Crippen molar-refractivity contribution in [1.82, 2.24) is 10.2 Å². The van der Waals surface area contributed by atoms with Crippen molar-refractivity contribution in [3.8, 4) is 0 Å². The minimum atomic E-state index is 0.353. The summed E-state index contributed by atoms with van der Waals surface area (Å²) in [5.41, 5.74) is 0. The summed E-state index contributed by atoms with van der Waals surface area (Å²) in [5, 5.41) is 3.41. The molecule has 0 aromatic heterocycles. The fourth-order valence-corrected chi connectivity index (χ4v) is 3.22. The molecule has 16 heavy (non-hydrogen) atoms. The Bertz CT molecular complexity index is 248. The Morgan fingerprint density at radius 3 is 2.62 bits per heavy atom. The maximum Gasteiger partial charge on any atom is 0.222 e. The number of nitrogens with one attached hydrogen (secondary N) is 1. The predicted octanol–water partition coefficient (Wildman–Crippen LogP) is 1.63. The maximum absolute atomic E-state index is 11.7. The summed E-state index contributed by atoms with van der Waals surface area (Å²) < 4.78 is 0. The smallest absolute Gasteiger partial charge is 0.222 e. The molecule has 2 atom stereocenters. The molecule has 2 fully saturated rings. The molecular weight excluding hydrogens is 200 g/mol. The first-order chi connectivity index (χ1) is 7.70. The van der Waals surface area contributed by atoms with Crippen LogP contribution in [0.4, 0.5) is 0 Å². The van der Waals surface area contributed by atoms with Crippen LogP contribution in [0.25, 0.3) is 0 Å². The third kappa shape index (κ3) is 2.57. The average Bonchev–Trinajstić information content (AvgIpc) is 2.85. The molecule has 1 amide bonds. The van der Waals surface area contributed by atoms with E-state index in [2.05, 4.69) is 17.1 Å². The fourth-order valence-electron chi connectivity index (χ4n) is 3.22. The standard InChI is InChI=1S/C13H24N2O/c1-10-7-13(16)15(8-10)9-12(14-2)11-5-3-4-6-11/h10-12,14H,3-9H2,1-2H3. The van der Waals surface area contributed by atoms with Gasteiger partial charge in [0.1, 0.15) is 0 Å². The molecule has 3 nitrogen and oxygen atoms in total. The molecule has 1 aliphatic carbocycles. The van der Waals surface area contributed by atoms with Gasteiger partial charge in [0.2, 0.25) is 5.91 Å². The van der Waals surface area contributed by atoms with Gasteiger partial charge in [-0.15, -0.1) is 0 Å². The lowest BCUT2D eigenvalue weighted by Crippen LogP contribution is -2.44. The highest BCUT2D eigenvalue weighted by atomic mass is 16.2. The largest absolute Gasteiger partial charge is 0.341 e. The molecule has 0 radical (unpaired) electrons. The molecule has 1 aliphatic heterocycles. The fraction of sp³-hybridized carbons (Fsp3) is 0.923. The number of rotatable bonds is 4. The Labute approximate surface area is 98.6 Å². The van der Waals surface area contributed by atoms with Crippen molar-refractivity contribution in [2.75, 3.05) is 20.1 Å². The number of amides is 1. The first-order valence-electron chi connectivity index (χ1n) is 6.65. The van der Waals surface area contributed by atoms with E-state index in [-0.39, 0.29) is 0 Å². The molecule has 0 spiro atoms. The van der Waals surface area contributed by atoms with Gasteiger partial charge in [-0.05, 0) is 31.7 Å². The van der Waals surface area contributed by atoms with Gasteiger partial charge in [0.25, 0.3) is 0 Å². The molecule has 0 aromatic carbocycles. The van der Waals surface area contributed by atoms with Crippen molar-refractivity contribution in [2.45, 2.75) is 45.1 Å². The van der Waals surface area contributed by atoms with Crippen LogP contribution in [0.3, 0.4) is 0 Å². The van der Waals surface area contributed by atoms with Gasteiger partial charge in [0.15, 0.2) is 0 Å². The highest BCUT2D eigenvalue weighted by Crippen LogP contribution is 2.29. The molecule has 0 bridgehead atoms. The van der Waals surface area contributed by atoms with E-state index in [0.717, 1.165) is 25.4 Å². The maximum atomic E-state index is 11.7. The van der Waals surface area contributed by atoms with E-state index in [9.17, 15) is 4.79 Å². The van der Waals surface area contributed by atoms with E-state index in [0.29, 0.717) is 17.9 Å². The molecule has 2 rings (SSSR count). The highest BCUT2D eigenvalue weighted by Gasteiger charge is 2.31. The number of nitrogens with zero attached hydrogens (tertiary/aromatic N) is 1. The van der Waals surface area contributed by atoms with Crippen molar-refractivity contribution in [1.29, 1.82) is 0 Å². The van der Waals surface area contributed by atoms with Crippen LogP contribution in [0.15, 0.2) is 0 Å². The van der Waals surface area contributed by atoms with Gasteiger partial charge in [0, 0.05) is 25.6 Å². The number of likely N-dealkylation sites (N-methyl/N-ethyl adjacent to an activating group) is 1. The Morgan fingerprint density at radius 1 is 1.44 bits per heavy atom. The van der Waals surface area contributed by atoms with Crippen molar-refractivity contribution >= 4 is 5.91 Å². The van der Waals surface area contributed by atoms with Crippen molar-refractivity contribution in [3.63, 3.8) is 0 Å². The van der Waals surface area contributed by atoms with Gasteiger partial charge in [-0.2, -0.15) is 0 Å². The number of likely N-dealkylation sites (tertiary alicyclic amines) is 1. The second kappa shape index (κ2) is 5.17. The summed E-state index contributed by atoms with van der Waals surface area (Å²) >= 11 is 0. The molecule has 0 aromatic rings. The molecule has 1 heterocycles. The summed E-state index contributed by atoms with van der Waals surface area (Å²) in [6, 6.07) is 0.511. The number of carbonyl (C=O) groups excluding carboxylic acids is 1. The van der Waals surface area contributed by atoms with Gasteiger partial charge in [0.05, 0.1) is 0 Å². The molecule has 2 aliphatic rings. The van der Waals surface area contributed by atoms with Gasteiger partial charge >= 0.3 is 0 Å². The summed E-state index contributed by atoms with van der Waals surface area (Å²) in [4.78, 5) is 13.8. The molecule has 1 saturated carbocycles. The average molecular weight is 224 g/mol. The number of carbonyl (C=O) groups is 1. The minimum Gasteiger partial charge on any atom is -0.341 e. The Morgan fingerprint density at radius 2 is 2.12 bits per heavy atom. The molecule has 92 valence electrons. The second-order valence-electron chi connectivity index (χ2n) is 5.55. The zero-order chi connectivity index (χ0) is 11.5.